The summed E-state index contributed by atoms with van der Waals surface area (Å²) < 4.78 is 1.02. The number of aliphatic imine (C=N–C) groups is 1. The molecule has 0 radical (unpaired) electrons. The molecule has 1 aromatic carbocycles. The second-order valence-corrected chi connectivity index (χ2v) is 8.73. The maximum atomic E-state index is 12.3. The van der Waals surface area contributed by atoms with Gasteiger partial charge in [0.25, 0.3) is 0 Å². The quantitative estimate of drug-likeness (QED) is 0.649. The minimum Gasteiger partial charge on any atom is -0.333 e. The third kappa shape index (κ3) is 4.59. The number of benzene rings is 1. The standard InChI is InChI=1S/C19H26BrN3OS/c1-14(24)23(17-11-9-15(20)10-12-17)18-13-25-19(22(18)2)21-16-7-5-3-4-6-8-16/h9-12,16,18H,3-8,13H2,1-2H3. The summed E-state index contributed by atoms with van der Waals surface area (Å²) in [5, 5.41) is 1.08. The van der Waals surface area contributed by atoms with E-state index in [9.17, 15) is 4.79 Å². The van der Waals surface area contributed by atoms with E-state index in [-0.39, 0.29) is 12.1 Å². The van der Waals surface area contributed by atoms with Gasteiger partial charge < -0.3 is 4.90 Å². The molecule has 1 saturated carbocycles. The number of nitrogens with zero attached hydrogens (tertiary/aromatic N) is 3. The van der Waals surface area contributed by atoms with Crippen molar-refractivity contribution in [1.29, 1.82) is 0 Å². The number of halogens is 1. The van der Waals surface area contributed by atoms with Crippen molar-refractivity contribution >= 4 is 44.5 Å². The molecule has 4 nitrogen and oxygen atoms in total. The van der Waals surface area contributed by atoms with E-state index in [4.69, 9.17) is 4.99 Å². The van der Waals surface area contributed by atoms with Crippen molar-refractivity contribution in [3.8, 4) is 0 Å². The molecule has 25 heavy (non-hydrogen) atoms. The Morgan fingerprint density at radius 3 is 2.44 bits per heavy atom. The maximum absolute atomic E-state index is 12.3. The fraction of sp³-hybridized carbons (Fsp3) is 0.579. The highest BCUT2D eigenvalue weighted by molar-refractivity contribution is 9.10. The lowest BCUT2D eigenvalue weighted by Crippen LogP contribution is -2.48. The molecule has 1 heterocycles. The van der Waals surface area contributed by atoms with Crippen LogP contribution in [0.4, 0.5) is 5.69 Å². The number of thioether (sulfide) groups is 1. The lowest BCUT2D eigenvalue weighted by molar-refractivity contribution is -0.117. The van der Waals surface area contributed by atoms with Gasteiger partial charge in [0, 0.05) is 29.9 Å². The Hall–Kier alpha value is -1.01. The van der Waals surface area contributed by atoms with E-state index < -0.39 is 0 Å². The number of hydrogen-bond donors (Lipinski definition) is 0. The summed E-state index contributed by atoms with van der Waals surface area (Å²) in [5.74, 6) is 0.924. The minimum absolute atomic E-state index is 0.0215. The Bertz CT molecular complexity index is 626. The van der Waals surface area contributed by atoms with E-state index in [1.165, 1.54) is 38.5 Å². The number of hydrogen-bond acceptors (Lipinski definition) is 3. The zero-order valence-electron chi connectivity index (χ0n) is 14.9. The monoisotopic (exact) mass is 423 g/mol. The van der Waals surface area contributed by atoms with Gasteiger partial charge in [-0.2, -0.15) is 0 Å². The maximum Gasteiger partial charge on any atom is 0.225 e. The predicted molar refractivity (Wildman–Crippen MR) is 110 cm³/mol. The normalized spacial score (nSPS) is 23.7. The molecule has 2 fully saturated rings. The van der Waals surface area contributed by atoms with Gasteiger partial charge in [-0.05, 0) is 37.1 Å². The Kier molecular flexibility index (Phi) is 6.44. The van der Waals surface area contributed by atoms with Crippen molar-refractivity contribution in [3.05, 3.63) is 28.7 Å². The van der Waals surface area contributed by atoms with Crippen LogP contribution in [0.3, 0.4) is 0 Å². The molecule has 1 amide bonds. The van der Waals surface area contributed by atoms with Gasteiger partial charge in [-0.1, -0.05) is 53.4 Å². The molecule has 1 atom stereocenters. The first-order valence-electron chi connectivity index (χ1n) is 9.05. The molecule has 0 bridgehead atoms. The van der Waals surface area contributed by atoms with Crippen LogP contribution in [0.25, 0.3) is 0 Å². The lowest BCUT2D eigenvalue weighted by Gasteiger charge is -2.33. The summed E-state index contributed by atoms with van der Waals surface area (Å²) in [7, 11) is 2.06. The Labute approximate surface area is 163 Å². The number of rotatable bonds is 3. The van der Waals surface area contributed by atoms with Gasteiger partial charge in [-0.3, -0.25) is 14.7 Å². The second kappa shape index (κ2) is 8.58. The Morgan fingerprint density at radius 1 is 1.20 bits per heavy atom. The molecule has 1 aromatic rings. The summed E-state index contributed by atoms with van der Waals surface area (Å²) >= 11 is 5.24. The van der Waals surface area contributed by atoms with Crippen molar-refractivity contribution in [2.45, 2.75) is 57.7 Å². The fourth-order valence-electron chi connectivity index (χ4n) is 3.57. The van der Waals surface area contributed by atoms with Gasteiger partial charge in [0.2, 0.25) is 5.91 Å². The topological polar surface area (TPSA) is 35.9 Å². The molecule has 1 aliphatic carbocycles. The first-order valence-corrected chi connectivity index (χ1v) is 10.8. The average Bonchev–Trinajstić information content (AvgIpc) is 2.78. The largest absolute Gasteiger partial charge is 0.333 e. The van der Waals surface area contributed by atoms with Gasteiger partial charge in [-0.15, -0.1) is 0 Å². The van der Waals surface area contributed by atoms with E-state index in [1.807, 2.05) is 29.2 Å². The highest BCUT2D eigenvalue weighted by Gasteiger charge is 2.34. The summed E-state index contributed by atoms with van der Waals surface area (Å²) in [4.78, 5) is 21.4. The van der Waals surface area contributed by atoms with Gasteiger partial charge >= 0.3 is 0 Å². The van der Waals surface area contributed by atoms with Crippen molar-refractivity contribution in [2.24, 2.45) is 4.99 Å². The van der Waals surface area contributed by atoms with Crippen LogP contribution in [-0.4, -0.2) is 41.0 Å². The number of amidine groups is 1. The lowest BCUT2D eigenvalue weighted by atomic mass is 10.1. The van der Waals surface area contributed by atoms with Crippen LogP contribution in [-0.2, 0) is 4.79 Å². The van der Waals surface area contributed by atoms with E-state index in [0.29, 0.717) is 6.04 Å². The van der Waals surface area contributed by atoms with Crippen molar-refractivity contribution < 1.29 is 4.79 Å². The summed E-state index contributed by atoms with van der Waals surface area (Å²) in [5.41, 5.74) is 0.934. The molecule has 1 aliphatic heterocycles. The molecule has 0 N–H and O–H groups in total. The van der Waals surface area contributed by atoms with Crippen LogP contribution in [0.1, 0.15) is 45.4 Å². The van der Waals surface area contributed by atoms with Crippen molar-refractivity contribution in [2.75, 3.05) is 17.7 Å². The molecule has 6 heteroatoms. The number of amides is 1. The summed E-state index contributed by atoms with van der Waals surface area (Å²) in [6.07, 6.45) is 7.68. The smallest absolute Gasteiger partial charge is 0.225 e. The van der Waals surface area contributed by atoms with Crippen LogP contribution in [0.5, 0.6) is 0 Å². The predicted octanol–water partition coefficient (Wildman–Crippen LogP) is 4.89. The zero-order chi connectivity index (χ0) is 17.8. The molecule has 2 aliphatic rings. The zero-order valence-corrected chi connectivity index (χ0v) is 17.4. The summed E-state index contributed by atoms with van der Waals surface area (Å²) in [6, 6.07) is 8.39. The van der Waals surface area contributed by atoms with E-state index in [2.05, 4.69) is 27.9 Å². The van der Waals surface area contributed by atoms with Gasteiger partial charge in [0.15, 0.2) is 5.17 Å². The first kappa shape index (κ1) is 18.8. The van der Waals surface area contributed by atoms with Gasteiger partial charge in [0.05, 0.1) is 6.04 Å². The SMILES string of the molecule is CC(=O)N(c1ccc(Br)cc1)C1CSC(=NC2CCCCCC2)N1C. The molecule has 1 saturated heterocycles. The minimum atomic E-state index is 0.0215. The van der Waals surface area contributed by atoms with Crippen LogP contribution in [0.15, 0.2) is 33.7 Å². The average molecular weight is 424 g/mol. The van der Waals surface area contributed by atoms with Crippen molar-refractivity contribution in [1.82, 2.24) is 4.90 Å². The van der Waals surface area contributed by atoms with Gasteiger partial charge in [0.1, 0.15) is 6.17 Å². The molecular weight excluding hydrogens is 398 g/mol. The Morgan fingerprint density at radius 2 is 1.84 bits per heavy atom. The van der Waals surface area contributed by atoms with E-state index >= 15 is 0 Å². The molecule has 136 valence electrons. The Balaban J connectivity index is 1.77. The molecule has 1 unspecified atom stereocenters. The molecule has 3 rings (SSSR count). The van der Waals surface area contributed by atoms with E-state index in [1.54, 1.807) is 18.7 Å². The number of carbonyl (C=O) groups excluding carboxylic acids is 1. The van der Waals surface area contributed by atoms with E-state index in [0.717, 1.165) is 21.1 Å². The molecular formula is C19H26BrN3OS. The third-order valence-electron chi connectivity index (χ3n) is 4.97. The number of carbonyl (C=O) groups is 1. The van der Waals surface area contributed by atoms with Crippen LogP contribution in [0, 0.1) is 0 Å². The first-order chi connectivity index (χ1) is 12.1. The highest BCUT2D eigenvalue weighted by atomic mass is 79.9. The van der Waals surface area contributed by atoms with Crippen molar-refractivity contribution in [3.63, 3.8) is 0 Å². The summed E-state index contributed by atoms with van der Waals surface area (Å²) in [6.45, 7) is 1.64. The van der Waals surface area contributed by atoms with Crippen LogP contribution < -0.4 is 4.90 Å². The second-order valence-electron chi connectivity index (χ2n) is 6.83. The van der Waals surface area contributed by atoms with Crippen LogP contribution >= 0.6 is 27.7 Å². The number of anilines is 1. The van der Waals surface area contributed by atoms with Gasteiger partial charge in [-0.25, -0.2) is 0 Å². The molecule has 0 aromatic heterocycles. The fourth-order valence-corrected chi connectivity index (χ4v) is 5.06. The molecule has 0 spiro atoms. The highest BCUT2D eigenvalue weighted by Crippen LogP contribution is 2.31. The van der Waals surface area contributed by atoms with Crippen LogP contribution in [0.2, 0.25) is 0 Å². The third-order valence-corrected chi connectivity index (χ3v) is 6.62.